The number of aromatic nitrogens is 2. The lowest BCUT2D eigenvalue weighted by molar-refractivity contribution is -0.129. The molecule has 0 spiro atoms. The third-order valence-corrected chi connectivity index (χ3v) is 4.19. The number of aromatic amines is 1. The van der Waals surface area contributed by atoms with Gasteiger partial charge < -0.3 is 14.8 Å². The predicted octanol–water partition coefficient (Wildman–Crippen LogP) is 0.133. The summed E-state index contributed by atoms with van der Waals surface area (Å²) in [4.78, 5) is 36.5. The fraction of sp³-hybridized carbons (Fsp3) is 0.438. The Morgan fingerprint density at radius 1 is 1.30 bits per heavy atom. The van der Waals surface area contributed by atoms with Crippen LogP contribution in [0.15, 0.2) is 29.3 Å². The normalized spacial score (nSPS) is 15.8. The molecule has 0 aliphatic carbocycles. The lowest BCUT2D eigenvalue weighted by atomic mass is 10.2. The van der Waals surface area contributed by atoms with Gasteiger partial charge in [0.15, 0.2) is 0 Å². The first kappa shape index (κ1) is 15.5. The van der Waals surface area contributed by atoms with Gasteiger partial charge in [0.25, 0.3) is 5.56 Å². The smallest absolute Gasteiger partial charge is 0.250 e. The largest absolute Gasteiger partial charge is 0.368 e. The Balaban J connectivity index is 1.76. The SMILES string of the molecule is CN(C)C(=O)CN1CCN(c2cc(=O)[nH]c3cnccc23)CC1. The van der Waals surface area contributed by atoms with E-state index in [2.05, 4.69) is 19.8 Å². The van der Waals surface area contributed by atoms with Crippen LogP contribution in [0.3, 0.4) is 0 Å². The van der Waals surface area contributed by atoms with E-state index in [9.17, 15) is 9.59 Å². The van der Waals surface area contributed by atoms with Crippen molar-refractivity contribution in [3.05, 3.63) is 34.9 Å². The zero-order valence-electron chi connectivity index (χ0n) is 13.5. The van der Waals surface area contributed by atoms with Crippen LogP contribution >= 0.6 is 0 Å². The first-order chi connectivity index (χ1) is 11.0. The summed E-state index contributed by atoms with van der Waals surface area (Å²) in [6.07, 6.45) is 3.41. The maximum atomic E-state index is 11.9. The number of hydrogen-bond donors (Lipinski definition) is 1. The topological polar surface area (TPSA) is 72.5 Å². The minimum atomic E-state index is -0.120. The van der Waals surface area contributed by atoms with Crippen LogP contribution < -0.4 is 10.5 Å². The molecule has 3 heterocycles. The molecule has 23 heavy (non-hydrogen) atoms. The van der Waals surface area contributed by atoms with Crippen LogP contribution in [0, 0.1) is 0 Å². The van der Waals surface area contributed by atoms with E-state index in [4.69, 9.17) is 0 Å². The van der Waals surface area contributed by atoms with E-state index in [1.165, 1.54) is 0 Å². The summed E-state index contributed by atoms with van der Waals surface area (Å²) >= 11 is 0. The lowest BCUT2D eigenvalue weighted by Crippen LogP contribution is -2.49. The fourth-order valence-electron chi connectivity index (χ4n) is 2.83. The fourth-order valence-corrected chi connectivity index (χ4v) is 2.83. The molecule has 122 valence electrons. The van der Waals surface area contributed by atoms with Crippen molar-refractivity contribution in [1.29, 1.82) is 0 Å². The molecule has 1 fully saturated rings. The summed E-state index contributed by atoms with van der Waals surface area (Å²) in [5.41, 5.74) is 1.57. The number of anilines is 1. The Morgan fingerprint density at radius 3 is 2.74 bits per heavy atom. The molecule has 2 aromatic rings. The first-order valence-corrected chi connectivity index (χ1v) is 7.69. The number of nitrogens with one attached hydrogen (secondary N) is 1. The van der Waals surface area contributed by atoms with Gasteiger partial charge in [-0.25, -0.2) is 0 Å². The van der Waals surface area contributed by atoms with Crippen molar-refractivity contribution < 1.29 is 4.79 Å². The summed E-state index contributed by atoms with van der Waals surface area (Å²) in [6.45, 7) is 3.64. The maximum absolute atomic E-state index is 11.9. The van der Waals surface area contributed by atoms with Crippen molar-refractivity contribution in [1.82, 2.24) is 19.8 Å². The van der Waals surface area contributed by atoms with Gasteiger partial charge in [0, 0.05) is 57.9 Å². The molecular weight excluding hydrogens is 294 g/mol. The predicted molar refractivity (Wildman–Crippen MR) is 89.7 cm³/mol. The standard InChI is InChI=1S/C16H21N5O2/c1-19(2)16(23)11-20-5-7-21(8-6-20)14-9-15(22)18-13-10-17-4-3-12(13)14/h3-4,9-10H,5-8,11H2,1-2H3,(H,18,22). The second-order valence-electron chi connectivity index (χ2n) is 5.99. The number of piperazine rings is 1. The number of nitrogens with zero attached hydrogens (tertiary/aromatic N) is 4. The third-order valence-electron chi connectivity index (χ3n) is 4.19. The summed E-state index contributed by atoms with van der Waals surface area (Å²) in [6, 6.07) is 3.56. The van der Waals surface area contributed by atoms with Crippen LogP contribution in [0.25, 0.3) is 10.9 Å². The highest BCUT2D eigenvalue weighted by Crippen LogP contribution is 2.24. The Bertz CT molecular complexity index is 762. The summed E-state index contributed by atoms with van der Waals surface area (Å²) in [7, 11) is 3.55. The van der Waals surface area contributed by atoms with Gasteiger partial charge >= 0.3 is 0 Å². The highest BCUT2D eigenvalue weighted by molar-refractivity contribution is 5.90. The van der Waals surface area contributed by atoms with E-state index in [-0.39, 0.29) is 11.5 Å². The highest BCUT2D eigenvalue weighted by atomic mass is 16.2. The number of hydrogen-bond acceptors (Lipinski definition) is 5. The second kappa shape index (κ2) is 6.37. The van der Waals surface area contributed by atoms with Gasteiger partial charge in [-0.15, -0.1) is 0 Å². The monoisotopic (exact) mass is 315 g/mol. The molecule has 1 aliphatic heterocycles. The molecule has 3 rings (SSSR count). The molecule has 1 aliphatic rings. The second-order valence-corrected chi connectivity index (χ2v) is 5.99. The van der Waals surface area contributed by atoms with E-state index in [1.54, 1.807) is 37.5 Å². The zero-order chi connectivity index (χ0) is 16.4. The molecule has 1 N–H and O–H groups in total. The zero-order valence-corrected chi connectivity index (χ0v) is 13.5. The molecule has 0 aromatic carbocycles. The summed E-state index contributed by atoms with van der Waals surface area (Å²) in [5, 5.41) is 0.998. The number of pyridine rings is 2. The Labute approximate surface area is 134 Å². The van der Waals surface area contributed by atoms with Crippen LogP contribution in [0.4, 0.5) is 5.69 Å². The molecular formula is C16H21N5O2. The number of fused-ring (bicyclic) bond motifs is 1. The number of carbonyl (C=O) groups is 1. The number of carbonyl (C=O) groups excluding carboxylic acids is 1. The van der Waals surface area contributed by atoms with Crippen molar-refractivity contribution in [3.8, 4) is 0 Å². The molecule has 1 amide bonds. The van der Waals surface area contributed by atoms with Crippen molar-refractivity contribution in [3.63, 3.8) is 0 Å². The minimum Gasteiger partial charge on any atom is -0.368 e. The average Bonchev–Trinajstić information content (AvgIpc) is 2.54. The van der Waals surface area contributed by atoms with Crippen LogP contribution in [0.1, 0.15) is 0 Å². The molecule has 0 atom stereocenters. The van der Waals surface area contributed by atoms with E-state index in [0.29, 0.717) is 6.54 Å². The van der Waals surface area contributed by atoms with Gasteiger partial charge in [-0.3, -0.25) is 19.5 Å². The number of likely N-dealkylation sites (N-methyl/N-ethyl adjacent to an activating group) is 1. The third kappa shape index (κ3) is 3.34. The van der Waals surface area contributed by atoms with Crippen LogP contribution in [-0.4, -0.2) is 72.5 Å². The van der Waals surface area contributed by atoms with Gasteiger partial charge in [0.2, 0.25) is 5.91 Å². The van der Waals surface area contributed by atoms with E-state index < -0.39 is 0 Å². The molecule has 0 bridgehead atoms. The van der Waals surface area contributed by atoms with Crippen molar-refractivity contribution in [2.75, 3.05) is 51.7 Å². The van der Waals surface area contributed by atoms with E-state index in [0.717, 1.165) is 42.8 Å². The lowest BCUT2D eigenvalue weighted by Gasteiger charge is -2.36. The molecule has 2 aromatic heterocycles. The minimum absolute atomic E-state index is 0.117. The van der Waals surface area contributed by atoms with Crippen LogP contribution in [0.2, 0.25) is 0 Å². The van der Waals surface area contributed by atoms with Crippen LogP contribution in [-0.2, 0) is 4.79 Å². The van der Waals surface area contributed by atoms with Gasteiger partial charge in [-0.2, -0.15) is 0 Å². The first-order valence-electron chi connectivity index (χ1n) is 7.69. The Kier molecular flexibility index (Phi) is 4.29. The Morgan fingerprint density at radius 2 is 2.04 bits per heavy atom. The summed E-state index contributed by atoms with van der Waals surface area (Å²) < 4.78 is 0. The number of amides is 1. The van der Waals surface area contributed by atoms with Crippen molar-refractivity contribution >= 4 is 22.5 Å². The highest BCUT2D eigenvalue weighted by Gasteiger charge is 2.21. The molecule has 7 heteroatoms. The van der Waals surface area contributed by atoms with Crippen molar-refractivity contribution in [2.45, 2.75) is 0 Å². The van der Waals surface area contributed by atoms with Gasteiger partial charge in [-0.05, 0) is 6.07 Å². The quantitative estimate of drug-likeness (QED) is 0.872. The molecule has 0 radical (unpaired) electrons. The van der Waals surface area contributed by atoms with Crippen LogP contribution in [0.5, 0.6) is 0 Å². The van der Waals surface area contributed by atoms with Gasteiger partial charge in [-0.1, -0.05) is 0 Å². The molecule has 7 nitrogen and oxygen atoms in total. The van der Waals surface area contributed by atoms with E-state index >= 15 is 0 Å². The molecule has 1 saturated heterocycles. The average molecular weight is 315 g/mol. The maximum Gasteiger partial charge on any atom is 0.250 e. The van der Waals surface area contributed by atoms with Gasteiger partial charge in [0.1, 0.15) is 0 Å². The van der Waals surface area contributed by atoms with Crippen molar-refractivity contribution in [2.24, 2.45) is 0 Å². The molecule has 0 unspecified atom stereocenters. The summed E-state index contributed by atoms with van der Waals surface area (Å²) in [5.74, 6) is 0.117. The van der Waals surface area contributed by atoms with E-state index in [1.807, 2.05) is 6.07 Å². The Hall–Kier alpha value is -2.41. The molecule has 0 saturated carbocycles. The number of rotatable bonds is 3. The van der Waals surface area contributed by atoms with Gasteiger partial charge in [0.05, 0.1) is 23.9 Å². The number of H-pyrrole nitrogens is 1.